The van der Waals surface area contributed by atoms with E-state index in [1.807, 2.05) is 6.07 Å². The summed E-state index contributed by atoms with van der Waals surface area (Å²) in [6, 6.07) is 10.5. The molecule has 1 atom stereocenters. The predicted octanol–water partition coefficient (Wildman–Crippen LogP) is 2.02. The van der Waals surface area contributed by atoms with Gasteiger partial charge in [0.05, 0.1) is 18.9 Å². The van der Waals surface area contributed by atoms with Gasteiger partial charge in [-0.3, -0.25) is 4.90 Å². The number of hydrogen-bond acceptors (Lipinski definition) is 3. The Kier molecular flexibility index (Phi) is 3.51. The molecule has 0 aromatic heterocycles. The van der Waals surface area contributed by atoms with E-state index < -0.39 is 0 Å². The van der Waals surface area contributed by atoms with Crippen molar-refractivity contribution in [1.82, 2.24) is 4.90 Å². The number of rotatable bonds is 2. The van der Waals surface area contributed by atoms with Crippen LogP contribution in [0.2, 0.25) is 0 Å². The minimum absolute atomic E-state index is 0.371. The van der Waals surface area contributed by atoms with E-state index in [-0.39, 0.29) is 5.66 Å². The minimum Gasteiger partial charge on any atom is -0.379 e. The average Bonchev–Trinajstić information content (AvgIpc) is 2.49. The van der Waals surface area contributed by atoms with Crippen molar-refractivity contribution in [2.24, 2.45) is 5.73 Å². The fourth-order valence-corrected chi connectivity index (χ4v) is 2.80. The fraction of sp³-hybridized carbons (Fsp3) is 0.375. The molecule has 0 saturated carbocycles. The summed E-state index contributed by atoms with van der Waals surface area (Å²) in [4.78, 5) is 2.32. The van der Waals surface area contributed by atoms with Crippen LogP contribution in [0.5, 0.6) is 0 Å². The number of morpholine rings is 1. The molecule has 2 N–H and O–H groups in total. The van der Waals surface area contributed by atoms with Crippen molar-refractivity contribution >= 4 is 5.57 Å². The van der Waals surface area contributed by atoms with Crippen LogP contribution < -0.4 is 5.73 Å². The lowest BCUT2D eigenvalue weighted by Crippen LogP contribution is -2.58. The first-order chi connectivity index (χ1) is 9.28. The standard InChI is InChI=1S/C16H20N2O/c17-16(18-9-11-19-12-10-18)8-4-7-15(13-16)14-5-2-1-3-6-14/h1-8H,9-13,17H2. The SMILES string of the molecule is NC1(N2CCOCC2)C=CC=C(c2ccccc2)C1. The van der Waals surface area contributed by atoms with Crippen LogP contribution >= 0.6 is 0 Å². The molecule has 1 fully saturated rings. The zero-order valence-corrected chi connectivity index (χ0v) is 11.1. The van der Waals surface area contributed by atoms with Crippen LogP contribution in [0, 0.1) is 0 Å². The molecule has 19 heavy (non-hydrogen) atoms. The molecule has 1 aromatic carbocycles. The van der Waals surface area contributed by atoms with Gasteiger partial charge in [-0.2, -0.15) is 0 Å². The summed E-state index contributed by atoms with van der Waals surface area (Å²) in [7, 11) is 0. The number of allylic oxidation sites excluding steroid dienone is 2. The van der Waals surface area contributed by atoms with Crippen LogP contribution in [0.3, 0.4) is 0 Å². The maximum Gasteiger partial charge on any atom is 0.0925 e. The summed E-state index contributed by atoms with van der Waals surface area (Å²) in [5.74, 6) is 0. The minimum atomic E-state index is -0.371. The lowest BCUT2D eigenvalue weighted by Gasteiger charge is -2.42. The van der Waals surface area contributed by atoms with Crippen LogP contribution in [-0.4, -0.2) is 36.9 Å². The number of nitrogens with two attached hydrogens (primary N) is 1. The van der Waals surface area contributed by atoms with Gasteiger partial charge in [0, 0.05) is 19.5 Å². The lowest BCUT2D eigenvalue weighted by atomic mass is 9.89. The first-order valence-electron chi connectivity index (χ1n) is 6.83. The maximum atomic E-state index is 6.60. The number of benzene rings is 1. The molecule has 3 rings (SSSR count). The molecule has 1 aromatic rings. The Morgan fingerprint density at radius 3 is 2.58 bits per heavy atom. The van der Waals surface area contributed by atoms with Crippen LogP contribution in [0.4, 0.5) is 0 Å². The van der Waals surface area contributed by atoms with Crippen molar-refractivity contribution in [2.45, 2.75) is 12.1 Å². The molecule has 2 aliphatic rings. The van der Waals surface area contributed by atoms with Gasteiger partial charge in [-0.05, 0) is 17.2 Å². The lowest BCUT2D eigenvalue weighted by molar-refractivity contribution is -0.00301. The van der Waals surface area contributed by atoms with Gasteiger partial charge < -0.3 is 10.5 Å². The largest absolute Gasteiger partial charge is 0.379 e. The van der Waals surface area contributed by atoms with E-state index in [1.54, 1.807) is 0 Å². The van der Waals surface area contributed by atoms with Crippen molar-refractivity contribution in [3.05, 3.63) is 54.1 Å². The molecule has 1 saturated heterocycles. The van der Waals surface area contributed by atoms with E-state index in [1.165, 1.54) is 11.1 Å². The Labute approximate surface area is 114 Å². The Hall–Kier alpha value is -1.42. The van der Waals surface area contributed by atoms with E-state index in [9.17, 15) is 0 Å². The van der Waals surface area contributed by atoms with Gasteiger partial charge in [-0.25, -0.2) is 0 Å². The van der Waals surface area contributed by atoms with Gasteiger partial charge in [0.15, 0.2) is 0 Å². The van der Waals surface area contributed by atoms with E-state index in [2.05, 4.69) is 47.4 Å². The summed E-state index contributed by atoms with van der Waals surface area (Å²) in [5, 5.41) is 0. The van der Waals surface area contributed by atoms with Gasteiger partial charge in [-0.15, -0.1) is 0 Å². The van der Waals surface area contributed by atoms with Gasteiger partial charge >= 0.3 is 0 Å². The van der Waals surface area contributed by atoms with Crippen LogP contribution in [-0.2, 0) is 4.74 Å². The third kappa shape index (κ3) is 2.63. The average molecular weight is 256 g/mol. The molecule has 100 valence electrons. The highest BCUT2D eigenvalue weighted by Gasteiger charge is 2.33. The molecule has 1 aliphatic carbocycles. The van der Waals surface area contributed by atoms with E-state index in [0.717, 1.165) is 32.7 Å². The molecule has 3 nitrogen and oxygen atoms in total. The Bertz CT molecular complexity index is 489. The molecule has 1 heterocycles. The zero-order chi connectivity index (χ0) is 13.1. The van der Waals surface area contributed by atoms with Crippen molar-refractivity contribution in [2.75, 3.05) is 26.3 Å². The maximum absolute atomic E-state index is 6.60. The Morgan fingerprint density at radius 1 is 1.11 bits per heavy atom. The molecule has 1 aliphatic heterocycles. The highest BCUT2D eigenvalue weighted by atomic mass is 16.5. The Morgan fingerprint density at radius 2 is 1.84 bits per heavy atom. The highest BCUT2D eigenvalue weighted by Crippen LogP contribution is 2.31. The molecule has 0 bridgehead atoms. The highest BCUT2D eigenvalue weighted by molar-refractivity contribution is 5.69. The summed E-state index contributed by atoms with van der Waals surface area (Å²) >= 11 is 0. The molecule has 1 unspecified atom stereocenters. The first kappa shape index (κ1) is 12.6. The van der Waals surface area contributed by atoms with Gasteiger partial charge in [0.2, 0.25) is 0 Å². The number of nitrogens with zero attached hydrogens (tertiary/aromatic N) is 1. The van der Waals surface area contributed by atoms with E-state index in [4.69, 9.17) is 10.5 Å². The topological polar surface area (TPSA) is 38.5 Å². The van der Waals surface area contributed by atoms with Crippen LogP contribution in [0.15, 0.2) is 48.6 Å². The second-order valence-electron chi connectivity index (χ2n) is 5.18. The van der Waals surface area contributed by atoms with Gasteiger partial charge in [-0.1, -0.05) is 42.5 Å². The van der Waals surface area contributed by atoms with Crippen molar-refractivity contribution in [1.29, 1.82) is 0 Å². The van der Waals surface area contributed by atoms with Crippen LogP contribution in [0.1, 0.15) is 12.0 Å². The summed E-state index contributed by atoms with van der Waals surface area (Å²) < 4.78 is 5.41. The van der Waals surface area contributed by atoms with Gasteiger partial charge in [0.25, 0.3) is 0 Å². The summed E-state index contributed by atoms with van der Waals surface area (Å²) in [6.07, 6.45) is 7.22. The number of ether oxygens (including phenoxy) is 1. The van der Waals surface area contributed by atoms with E-state index in [0.29, 0.717) is 0 Å². The Balaban J connectivity index is 1.80. The smallest absolute Gasteiger partial charge is 0.0925 e. The third-order valence-corrected chi connectivity index (χ3v) is 3.90. The zero-order valence-electron chi connectivity index (χ0n) is 11.1. The third-order valence-electron chi connectivity index (χ3n) is 3.90. The fourth-order valence-electron chi connectivity index (χ4n) is 2.80. The first-order valence-corrected chi connectivity index (χ1v) is 6.83. The molecule has 0 amide bonds. The molecule has 0 radical (unpaired) electrons. The predicted molar refractivity (Wildman–Crippen MR) is 77.5 cm³/mol. The van der Waals surface area contributed by atoms with Gasteiger partial charge in [0.1, 0.15) is 0 Å². The van der Waals surface area contributed by atoms with Crippen molar-refractivity contribution < 1.29 is 4.74 Å². The molecular formula is C16H20N2O. The summed E-state index contributed by atoms with van der Waals surface area (Å²) in [5.41, 5.74) is 8.80. The molecular weight excluding hydrogens is 236 g/mol. The second kappa shape index (κ2) is 5.29. The molecule has 0 spiro atoms. The van der Waals surface area contributed by atoms with Crippen molar-refractivity contribution in [3.8, 4) is 0 Å². The second-order valence-corrected chi connectivity index (χ2v) is 5.18. The monoisotopic (exact) mass is 256 g/mol. The molecule has 3 heteroatoms. The van der Waals surface area contributed by atoms with E-state index >= 15 is 0 Å². The quantitative estimate of drug-likeness (QED) is 0.879. The normalized spacial score (nSPS) is 28.2. The summed E-state index contributed by atoms with van der Waals surface area (Å²) in [6.45, 7) is 3.36. The van der Waals surface area contributed by atoms with Crippen LogP contribution in [0.25, 0.3) is 5.57 Å². The van der Waals surface area contributed by atoms with Crippen molar-refractivity contribution in [3.63, 3.8) is 0 Å². The number of hydrogen-bond donors (Lipinski definition) is 1.